The Bertz CT molecular complexity index is 2070. The summed E-state index contributed by atoms with van der Waals surface area (Å²) in [6.45, 7) is 19.2. The Hall–Kier alpha value is -4.42. The molecule has 0 bridgehead atoms. The minimum atomic E-state index is -1.45. The second-order valence-corrected chi connectivity index (χ2v) is 18.1. The average molecular weight is 924 g/mol. The second-order valence-electron chi connectivity index (χ2n) is 17.3. The van der Waals surface area contributed by atoms with E-state index in [9.17, 15) is 28.4 Å². The summed E-state index contributed by atoms with van der Waals surface area (Å²) in [4.78, 5) is 32.3. The highest BCUT2D eigenvalue weighted by molar-refractivity contribution is 9.10. The van der Waals surface area contributed by atoms with Crippen LogP contribution >= 0.6 is 15.9 Å². The molecule has 2 aliphatic rings. The zero-order valence-electron chi connectivity index (χ0n) is 36.8. The molecule has 6 rings (SSSR count). The molecule has 0 unspecified atom stereocenters. The van der Waals surface area contributed by atoms with Gasteiger partial charge in [0.25, 0.3) is 0 Å². The lowest BCUT2D eigenvalue weighted by molar-refractivity contribution is 0.0129. The molecule has 0 aromatic heterocycles. The standard InChI is InChI=1S/C23H30FN3O2.C16H25BN2O4.C7H7BrFN/c1-23(2,3)29-22(28)27-11-9-26(10-12-27)16-18-5-4-6-19(13-18)20-14-17(15-25)7-8-21(20)24;1-16(2,3)23-15(20)19-9-7-18(8-10-19)12-13-5-4-6-14(11-13)17(21)22;8-6-3-5(4-10)1-2-7(6)9/h4-8,13-14H,9-12,15-16,25H2,1-3H3;4-6,11,21-22H,7-10,12H2,1-3H3;1-3H,4,10H2. The van der Waals surface area contributed by atoms with Crippen LogP contribution < -0.4 is 16.9 Å². The molecule has 336 valence electrons. The highest BCUT2D eigenvalue weighted by Crippen LogP contribution is 2.26. The quantitative estimate of drug-likeness (QED) is 0.145. The summed E-state index contributed by atoms with van der Waals surface area (Å²) in [5.74, 6) is -0.498. The number of nitrogens with zero attached hydrogens (tertiary/aromatic N) is 4. The first-order valence-electron chi connectivity index (χ1n) is 20.8. The molecule has 0 atom stereocenters. The second kappa shape index (κ2) is 23.3. The van der Waals surface area contributed by atoms with Crippen molar-refractivity contribution in [3.05, 3.63) is 123 Å². The maximum absolute atomic E-state index is 14.3. The third kappa shape index (κ3) is 16.7. The smallest absolute Gasteiger partial charge is 0.444 e. The summed E-state index contributed by atoms with van der Waals surface area (Å²) >= 11 is 3.06. The number of halogens is 3. The first-order chi connectivity index (χ1) is 29.2. The van der Waals surface area contributed by atoms with Crippen LogP contribution in [0.1, 0.15) is 63.8 Å². The van der Waals surface area contributed by atoms with Gasteiger partial charge < -0.3 is 40.8 Å². The Morgan fingerprint density at radius 2 is 1.08 bits per heavy atom. The lowest BCUT2D eigenvalue weighted by atomic mass is 9.79. The number of hydrogen-bond donors (Lipinski definition) is 4. The summed E-state index contributed by atoms with van der Waals surface area (Å²) in [7, 11) is -1.45. The fraction of sp³-hybridized carbons (Fsp3) is 0.435. The van der Waals surface area contributed by atoms with E-state index >= 15 is 0 Å². The van der Waals surface area contributed by atoms with Crippen molar-refractivity contribution < 1.29 is 37.9 Å². The zero-order valence-corrected chi connectivity index (χ0v) is 38.3. The normalized spacial score (nSPS) is 14.9. The third-order valence-electron chi connectivity index (χ3n) is 9.83. The van der Waals surface area contributed by atoms with Crippen molar-refractivity contribution >= 4 is 40.7 Å². The number of carbonyl (C=O) groups excluding carboxylic acids is 2. The SMILES string of the molecule is CC(C)(C)OC(=O)N1CCN(Cc2cccc(-c3cc(CN)ccc3F)c2)CC1.CC(C)(C)OC(=O)N1CCN(Cc2cccc(B(O)O)c2)CC1.NCc1ccc(F)c(Br)c1. The number of ether oxygens (including phenoxy) is 2. The van der Waals surface area contributed by atoms with Crippen molar-refractivity contribution in [1.29, 1.82) is 0 Å². The van der Waals surface area contributed by atoms with Crippen LogP contribution in [0.15, 0.2) is 89.4 Å². The molecule has 12 nitrogen and oxygen atoms in total. The van der Waals surface area contributed by atoms with Gasteiger partial charge >= 0.3 is 19.3 Å². The summed E-state index contributed by atoms with van der Waals surface area (Å²) in [5, 5.41) is 18.5. The number of benzene rings is 4. The first-order valence-corrected chi connectivity index (χ1v) is 21.6. The number of amides is 2. The molecule has 0 radical (unpaired) electrons. The van der Waals surface area contributed by atoms with Crippen LogP contribution in [0, 0.1) is 11.6 Å². The summed E-state index contributed by atoms with van der Waals surface area (Å²) < 4.78 is 38.2. The molecule has 2 fully saturated rings. The van der Waals surface area contributed by atoms with Gasteiger partial charge in [-0.15, -0.1) is 0 Å². The van der Waals surface area contributed by atoms with E-state index in [0.29, 0.717) is 54.8 Å². The Balaban J connectivity index is 0.000000227. The van der Waals surface area contributed by atoms with Gasteiger partial charge in [-0.25, -0.2) is 18.4 Å². The van der Waals surface area contributed by atoms with Crippen molar-refractivity contribution in [3.8, 4) is 11.1 Å². The monoisotopic (exact) mass is 922 g/mol. The Morgan fingerprint density at radius 1 is 0.629 bits per heavy atom. The predicted octanol–water partition coefficient (Wildman–Crippen LogP) is 6.47. The maximum Gasteiger partial charge on any atom is 0.488 e. The van der Waals surface area contributed by atoms with E-state index in [1.165, 1.54) is 12.1 Å². The lowest BCUT2D eigenvalue weighted by Crippen LogP contribution is -2.49. The molecule has 4 aromatic carbocycles. The van der Waals surface area contributed by atoms with Gasteiger partial charge in [-0.2, -0.15) is 0 Å². The molecule has 0 spiro atoms. The molecule has 2 amide bonds. The van der Waals surface area contributed by atoms with E-state index in [-0.39, 0.29) is 23.8 Å². The maximum atomic E-state index is 14.3. The van der Waals surface area contributed by atoms with E-state index in [1.54, 1.807) is 40.1 Å². The molecule has 6 N–H and O–H groups in total. The molecule has 2 saturated heterocycles. The van der Waals surface area contributed by atoms with Crippen molar-refractivity contribution in [2.45, 2.75) is 78.9 Å². The van der Waals surface area contributed by atoms with Crippen molar-refractivity contribution in [2.24, 2.45) is 11.5 Å². The molecule has 2 aliphatic heterocycles. The number of nitrogens with two attached hydrogens (primary N) is 2. The van der Waals surface area contributed by atoms with E-state index in [2.05, 4.69) is 31.8 Å². The molecular weight excluding hydrogens is 861 g/mol. The first kappa shape index (κ1) is 50.2. The number of rotatable bonds is 8. The fourth-order valence-corrected chi connectivity index (χ4v) is 7.05. The van der Waals surface area contributed by atoms with Gasteiger partial charge in [-0.1, -0.05) is 54.6 Å². The van der Waals surface area contributed by atoms with Gasteiger partial charge in [0.1, 0.15) is 22.8 Å². The van der Waals surface area contributed by atoms with Crippen LogP contribution in [0.3, 0.4) is 0 Å². The number of carbonyl (C=O) groups is 2. The largest absolute Gasteiger partial charge is 0.488 e. The topological polar surface area (TPSA) is 158 Å². The van der Waals surface area contributed by atoms with Gasteiger partial charge in [0.05, 0.1) is 4.47 Å². The molecule has 62 heavy (non-hydrogen) atoms. The summed E-state index contributed by atoms with van der Waals surface area (Å²) in [5.41, 5.74) is 16.0. The number of hydrogen-bond acceptors (Lipinski definition) is 10. The highest BCUT2D eigenvalue weighted by atomic mass is 79.9. The minimum absolute atomic E-state index is 0.245. The Morgan fingerprint density at radius 3 is 1.53 bits per heavy atom. The van der Waals surface area contributed by atoms with Crippen molar-refractivity contribution in [1.82, 2.24) is 19.6 Å². The van der Waals surface area contributed by atoms with E-state index in [4.69, 9.17) is 20.9 Å². The highest BCUT2D eigenvalue weighted by Gasteiger charge is 2.27. The predicted molar refractivity (Wildman–Crippen MR) is 244 cm³/mol. The van der Waals surface area contributed by atoms with E-state index < -0.39 is 18.3 Å². The molecule has 2 heterocycles. The van der Waals surface area contributed by atoms with Crippen LogP contribution in [0.2, 0.25) is 0 Å². The van der Waals surface area contributed by atoms with E-state index in [0.717, 1.165) is 67.1 Å². The Kier molecular flexibility index (Phi) is 18.9. The van der Waals surface area contributed by atoms with Gasteiger partial charge in [0.2, 0.25) is 0 Å². The van der Waals surface area contributed by atoms with Gasteiger partial charge in [-0.05, 0) is 121 Å². The average Bonchev–Trinajstić information content (AvgIpc) is 3.22. The third-order valence-corrected chi connectivity index (χ3v) is 10.4. The molecule has 0 aliphatic carbocycles. The van der Waals surface area contributed by atoms with Gasteiger partial charge in [-0.3, -0.25) is 9.80 Å². The molecular formula is C46H62BBrF2N6O6. The summed E-state index contributed by atoms with van der Waals surface area (Å²) in [6, 6.07) is 25.0. The zero-order chi connectivity index (χ0) is 45.6. The van der Waals surface area contributed by atoms with Gasteiger partial charge in [0, 0.05) is 84.1 Å². The molecule has 4 aromatic rings. The van der Waals surface area contributed by atoms with Crippen LogP contribution in [0.5, 0.6) is 0 Å². The Labute approximate surface area is 374 Å². The van der Waals surface area contributed by atoms with Crippen LogP contribution in [0.4, 0.5) is 18.4 Å². The summed E-state index contributed by atoms with van der Waals surface area (Å²) in [6.07, 6.45) is -0.517. The minimum Gasteiger partial charge on any atom is -0.444 e. The van der Waals surface area contributed by atoms with Crippen LogP contribution in [0.25, 0.3) is 11.1 Å². The van der Waals surface area contributed by atoms with Crippen LogP contribution in [-0.4, -0.2) is 113 Å². The number of piperazine rings is 2. The van der Waals surface area contributed by atoms with Crippen molar-refractivity contribution in [2.75, 3.05) is 52.4 Å². The van der Waals surface area contributed by atoms with E-state index in [1.807, 2.05) is 77.9 Å². The fourth-order valence-electron chi connectivity index (χ4n) is 6.62. The molecule has 16 heteroatoms. The van der Waals surface area contributed by atoms with Crippen molar-refractivity contribution in [3.63, 3.8) is 0 Å². The lowest BCUT2D eigenvalue weighted by Gasteiger charge is -2.35. The van der Waals surface area contributed by atoms with Crippen LogP contribution in [-0.2, 0) is 35.7 Å². The van der Waals surface area contributed by atoms with Gasteiger partial charge in [0.15, 0.2) is 0 Å². The molecule has 0 saturated carbocycles.